The summed E-state index contributed by atoms with van der Waals surface area (Å²) in [5.74, 6) is 1.11. The fraction of sp³-hybridized carbons (Fsp3) is 0.381. The van der Waals surface area contributed by atoms with Gasteiger partial charge in [0.15, 0.2) is 0 Å². The molecule has 25 heavy (non-hydrogen) atoms. The molecule has 2 saturated heterocycles. The number of hydrogen-bond acceptors (Lipinski definition) is 3. The predicted molar refractivity (Wildman–Crippen MR) is 98.9 cm³/mol. The summed E-state index contributed by atoms with van der Waals surface area (Å²) in [5, 5.41) is 9.42. The molecule has 4 nitrogen and oxygen atoms in total. The molecule has 2 fully saturated rings. The smallest absolute Gasteiger partial charge is 0.222 e. The summed E-state index contributed by atoms with van der Waals surface area (Å²) in [7, 11) is 0. The van der Waals surface area contributed by atoms with Crippen LogP contribution >= 0.6 is 0 Å². The van der Waals surface area contributed by atoms with E-state index in [1.54, 1.807) is 12.1 Å². The molecular formula is C21H24N2O2. The third kappa shape index (κ3) is 3.21. The van der Waals surface area contributed by atoms with Crippen LogP contribution in [0.1, 0.15) is 35.4 Å². The minimum Gasteiger partial charge on any atom is -0.508 e. The molecule has 0 aliphatic carbocycles. The molecule has 130 valence electrons. The SMILES string of the molecule is Cc1ccc(CN2CCCC2=O)cc1N1CC(c2ccc(O)cc2)C1. The van der Waals surface area contributed by atoms with Crippen LogP contribution in [-0.4, -0.2) is 35.5 Å². The zero-order valence-corrected chi connectivity index (χ0v) is 14.6. The highest BCUT2D eigenvalue weighted by Crippen LogP contribution is 2.34. The summed E-state index contributed by atoms with van der Waals surface area (Å²) in [5.41, 5.74) is 5.05. The average molecular weight is 336 g/mol. The van der Waals surface area contributed by atoms with Crippen molar-refractivity contribution in [3.05, 3.63) is 59.2 Å². The minimum atomic E-state index is 0.276. The monoisotopic (exact) mass is 336 g/mol. The first kappa shape index (κ1) is 16.0. The third-order valence-corrected chi connectivity index (χ3v) is 5.41. The number of rotatable bonds is 4. The number of benzene rings is 2. The highest BCUT2D eigenvalue weighted by atomic mass is 16.3. The summed E-state index contributed by atoms with van der Waals surface area (Å²) in [6.45, 7) is 5.75. The molecule has 2 aromatic rings. The second-order valence-corrected chi connectivity index (χ2v) is 7.23. The maximum atomic E-state index is 11.9. The van der Waals surface area contributed by atoms with Gasteiger partial charge in [-0.15, -0.1) is 0 Å². The van der Waals surface area contributed by atoms with Crippen molar-refractivity contribution in [3.63, 3.8) is 0 Å². The van der Waals surface area contributed by atoms with Gasteiger partial charge < -0.3 is 14.9 Å². The molecule has 4 heteroatoms. The number of aryl methyl sites for hydroxylation is 1. The lowest BCUT2D eigenvalue weighted by molar-refractivity contribution is -0.128. The average Bonchev–Trinajstić information content (AvgIpc) is 2.96. The lowest BCUT2D eigenvalue weighted by atomic mass is 9.90. The second kappa shape index (κ2) is 6.43. The van der Waals surface area contributed by atoms with E-state index in [0.29, 0.717) is 18.1 Å². The van der Waals surface area contributed by atoms with E-state index in [9.17, 15) is 9.90 Å². The highest BCUT2D eigenvalue weighted by Gasteiger charge is 2.29. The van der Waals surface area contributed by atoms with Gasteiger partial charge in [-0.2, -0.15) is 0 Å². The number of nitrogens with zero attached hydrogens (tertiary/aromatic N) is 2. The molecule has 0 saturated carbocycles. The molecule has 2 heterocycles. The number of phenols is 1. The van der Waals surface area contributed by atoms with E-state index in [-0.39, 0.29) is 5.91 Å². The van der Waals surface area contributed by atoms with Crippen LogP contribution in [0, 0.1) is 6.92 Å². The quantitative estimate of drug-likeness (QED) is 0.930. The third-order valence-electron chi connectivity index (χ3n) is 5.41. The van der Waals surface area contributed by atoms with E-state index < -0.39 is 0 Å². The number of anilines is 1. The van der Waals surface area contributed by atoms with Crippen LogP contribution in [-0.2, 0) is 11.3 Å². The van der Waals surface area contributed by atoms with Crippen molar-refractivity contribution in [2.45, 2.75) is 32.2 Å². The van der Waals surface area contributed by atoms with Crippen molar-refractivity contribution in [2.24, 2.45) is 0 Å². The van der Waals surface area contributed by atoms with E-state index >= 15 is 0 Å². The first-order valence-corrected chi connectivity index (χ1v) is 9.01. The Labute approximate surface area is 148 Å². The van der Waals surface area contributed by atoms with Crippen molar-refractivity contribution in [1.29, 1.82) is 0 Å². The zero-order chi connectivity index (χ0) is 17.4. The lowest BCUT2D eigenvalue weighted by Crippen LogP contribution is -2.45. The number of carbonyl (C=O) groups is 1. The van der Waals surface area contributed by atoms with E-state index in [1.165, 1.54) is 22.4 Å². The van der Waals surface area contributed by atoms with Gasteiger partial charge in [-0.05, 0) is 48.2 Å². The lowest BCUT2D eigenvalue weighted by Gasteiger charge is -2.42. The standard InChI is InChI=1S/C21H24N2O2/c1-15-4-5-16(12-22-10-2-3-21(22)25)11-20(15)23-13-18(14-23)17-6-8-19(24)9-7-17/h4-9,11,18,24H,2-3,10,12-14H2,1H3. The van der Waals surface area contributed by atoms with Gasteiger partial charge >= 0.3 is 0 Å². The molecule has 0 radical (unpaired) electrons. The molecular weight excluding hydrogens is 312 g/mol. The Morgan fingerprint density at radius 3 is 2.56 bits per heavy atom. The van der Waals surface area contributed by atoms with Gasteiger partial charge in [0, 0.05) is 44.2 Å². The van der Waals surface area contributed by atoms with E-state index in [4.69, 9.17) is 0 Å². The van der Waals surface area contributed by atoms with Gasteiger partial charge in [-0.25, -0.2) is 0 Å². The molecule has 0 atom stereocenters. The van der Waals surface area contributed by atoms with Crippen LogP contribution in [0.15, 0.2) is 42.5 Å². The first-order valence-electron chi connectivity index (χ1n) is 9.01. The molecule has 0 aromatic heterocycles. The van der Waals surface area contributed by atoms with Crippen molar-refractivity contribution in [2.75, 3.05) is 24.5 Å². The molecule has 1 N–H and O–H groups in total. The largest absolute Gasteiger partial charge is 0.508 e. The maximum Gasteiger partial charge on any atom is 0.222 e. The summed E-state index contributed by atoms with van der Waals surface area (Å²) in [6.07, 6.45) is 1.68. The zero-order valence-electron chi connectivity index (χ0n) is 14.6. The van der Waals surface area contributed by atoms with Crippen LogP contribution in [0.25, 0.3) is 0 Å². The van der Waals surface area contributed by atoms with Gasteiger partial charge in [0.1, 0.15) is 5.75 Å². The van der Waals surface area contributed by atoms with Crippen LogP contribution in [0.3, 0.4) is 0 Å². The van der Waals surface area contributed by atoms with Gasteiger partial charge in [0.2, 0.25) is 5.91 Å². The van der Waals surface area contributed by atoms with Crippen molar-refractivity contribution < 1.29 is 9.90 Å². The maximum absolute atomic E-state index is 11.9. The topological polar surface area (TPSA) is 43.8 Å². The minimum absolute atomic E-state index is 0.276. The van der Waals surface area contributed by atoms with Gasteiger partial charge in [0.05, 0.1) is 0 Å². The Morgan fingerprint density at radius 2 is 1.88 bits per heavy atom. The predicted octanol–water partition coefficient (Wildman–Crippen LogP) is 3.43. The van der Waals surface area contributed by atoms with Crippen LogP contribution in [0.5, 0.6) is 5.75 Å². The highest BCUT2D eigenvalue weighted by molar-refractivity contribution is 5.78. The fourth-order valence-electron chi connectivity index (χ4n) is 3.82. The van der Waals surface area contributed by atoms with E-state index in [2.05, 4.69) is 30.0 Å². The first-order chi connectivity index (χ1) is 12.1. The molecule has 0 unspecified atom stereocenters. The molecule has 2 aromatic carbocycles. The molecule has 0 spiro atoms. The van der Waals surface area contributed by atoms with E-state index in [0.717, 1.165) is 32.6 Å². The number of likely N-dealkylation sites (tertiary alicyclic amines) is 1. The Hall–Kier alpha value is -2.49. The van der Waals surface area contributed by atoms with E-state index in [1.807, 2.05) is 17.0 Å². The fourth-order valence-corrected chi connectivity index (χ4v) is 3.82. The molecule has 2 aliphatic heterocycles. The number of hydrogen-bond donors (Lipinski definition) is 1. The molecule has 4 rings (SSSR count). The normalized spacial score (nSPS) is 17.9. The van der Waals surface area contributed by atoms with Crippen molar-refractivity contribution >= 4 is 11.6 Å². The van der Waals surface area contributed by atoms with Crippen LogP contribution in [0.4, 0.5) is 5.69 Å². The van der Waals surface area contributed by atoms with Gasteiger partial charge in [0.25, 0.3) is 0 Å². The number of amides is 1. The Morgan fingerprint density at radius 1 is 1.12 bits per heavy atom. The summed E-state index contributed by atoms with van der Waals surface area (Å²) in [4.78, 5) is 16.2. The molecule has 2 aliphatic rings. The van der Waals surface area contributed by atoms with Crippen LogP contribution in [0.2, 0.25) is 0 Å². The van der Waals surface area contributed by atoms with Crippen molar-refractivity contribution in [3.8, 4) is 5.75 Å². The summed E-state index contributed by atoms with van der Waals surface area (Å²) < 4.78 is 0. The molecule has 0 bridgehead atoms. The van der Waals surface area contributed by atoms with Gasteiger partial charge in [-0.3, -0.25) is 4.79 Å². The summed E-state index contributed by atoms with van der Waals surface area (Å²) in [6, 6.07) is 14.1. The number of aromatic hydroxyl groups is 1. The Bertz CT molecular complexity index is 779. The Balaban J connectivity index is 1.45. The van der Waals surface area contributed by atoms with Gasteiger partial charge in [-0.1, -0.05) is 24.3 Å². The van der Waals surface area contributed by atoms with Crippen molar-refractivity contribution in [1.82, 2.24) is 4.90 Å². The summed E-state index contributed by atoms with van der Waals surface area (Å²) >= 11 is 0. The Kier molecular flexibility index (Phi) is 4.12. The van der Waals surface area contributed by atoms with Crippen LogP contribution < -0.4 is 4.90 Å². The second-order valence-electron chi connectivity index (χ2n) is 7.23. The number of carbonyl (C=O) groups excluding carboxylic acids is 1. The number of phenolic OH excluding ortho intramolecular Hbond substituents is 1. The molecule has 1 amide bonds.